The van der Waals surface area contributed by atoms with E-state index in [0.717, 1.165) is 22.7 Å². The second-order valence-corrected chi connectivity index (χ2v) is 7.10. The number of benzene rings is 1. The van der Waals surface area contributed by atoms with E-state index in [-0.39, 0.29) is 0 Å². The molecule has 0 saturated carbocycles. The molecule has 27 heavy (non-hydrogen) atoms. The molecule has 1 aliphatic heterocycles. The maximum absolute atomic E-state index is 13.8. The van der Waals surface area contributed by atoms with Crippen LogP contribution in [0.5, 0.6) is 0 Å². The molecule has 6 nitrogen and oxygen atoms in total. The van der Waals surface area contributed by atoms with Crippen LogP contribution in [-0.2, 0) is 6.54 Å². The average molecular weight is 385 g/mol. The molecule has 2 aromatic heterocycles. The number of piperidine rings is 1. The summed E-state index contributed by atoms with van der Waals surface area (Å²) in [7, 11) is 0. The number of aromatic nitrogens is 3. The number of alkyl halides is 1. The molecule has 0 spiro atoms. The number of hydrogen-bond acceptors (Lipinski definition) is 4. The van der Waals surface area contributed by atoms with Gasteiger partial charge in [-0.3, -0.25) is 4.98 Å². The largest absolute Gasteiger partial charge is 0.340 e. The fraction of sp³-hybridized carbons (Fsp3) is 0.316. The Bertz CT molecular complexity index is 1010. The Hall–Kier alpha value is -2.69. The molecule has 0 amide bonds. The maximum Gasteiger partial charge on any atom is 0.206 e. The number of hydrogen-bond donors (Lipinski definition) is 1. The standard InChI is InChI=1S/C19H18ClFN6/c1-23-13-3-4-14(24-9-13)10-27-18-5-2-12(20)8-17(18)25-19(27)26-7-6-15(21)16(22)11-26/h2-5,8-9,15-16H,6-7,10-11,22H2/t15-,16-/m1/s1. The topological polar surface area (TPSA) is 64.3 Å². The number of anilines is 1. The second kappa shape index (κ2) is 7.14. The van der Waals surface area contributed by atoms with E-state index in [1.165, 1.54) is 0 Å². The Morgan fingerprint density at radius 3 is 2.89 bits per heavy atom. The summed E-state index contributed by atoms with van der Waals surface area (Å²) >= 11 is 6.13. The molecule has 138 valence electrons. The van der Waals surface area contributed by atoms with Crippen molar-refractivity contribution < 1.29 is 4.39 Å². The zero-order valence-corrected chi connectivity index (χ0v) is 15.3. The Kier molecular flexibility index (Phi) is 4.68. The molecule has 8 heteroatoms. The molecule has 0 radical (unpaired) electrons. The number of fused-ring (bicyclic) bond motifs is 1. The lowest BCUT2D eigenvalue weighted by atomic mass is 10.1. The third-order valence-corrected chi connectivity index (χ3v) is 5.04. The molecule has 2 N–H and O–H groups in total. The number of halogens is 2. The first kappa shape index (κ1) is 17.7. The summed E-state index contributed by atoms with van der Waals surface area (Å²) in [5, 5.41) is 0.609. The van der Waals surface area contributed by atoms with Crippen LogP contribution in [0.3, 0.4) is 0 Å². The summed E-state index contributed by atoms with van der Waals surface area (Å²) in [6.07, 6.45) is 0.947. The highest BCUT2D eigenvalue weighted by atomic mass is 35.5. The fourth-order valence-corrected chi connectivity index (χ4v) is 3.53. The Morgan fingerprint density at radius 1 is 1.33 bits per heavy atom. The number of imidazole rings is 1. The van der Waals surface area contributed by atoms with E-state index in [1.807, 2.05) is 33.7 Å². The quantitative estimate of drug-likeness (QED) is 0.701. The van der Waals surface area contributed by atoms with Gasteiger partial charge in [-0.15, -0.1) is 0 Å². The predicted molar refractivity (Wildman–Crippen MR) is 104 cm³/mol. The van der Waals surface area contributed by atoms with Crippen molar-refractivity contribution in [1.82, 2.24) is 14.5 Å². The molecule has 1 saturated heterocycles. The van der Waals surface area contributed by atoms with Gasteiger partial charge in [0.05, 0.1) is 35.9 Å². The van der Waals surface area contributed by atoms with Gasteiger partial charge in [-0.25, -0.2) is 14.2 Å². The van der Waals surface area contributed by atoms with Crippen LogP contribution >= 0.6 is 11.6 Å². The van der Waals surface area contributed by atoms with Gasteiger partial charge in [-0.2, -0.15) is 0 Å². The van der Waals surface area contributed by atoms with Crippen molar-refractivity contribution in [2.45, 2.75) is 25.2 Å². The lowest BCUT2D eigenvalue weighted by Gasteiger charge is -2.34. The lowest BCUT2D eigenvalue weighted by molar-refractivity contribution is 0.243. The summed E-state index contributed by atoms with van der Waals surface area (Å²) in [5.41, 5.74) is 8.94. The molecular formula is C19H18ClFN6. The highest BCUT2D eigenvalue weighted by molar-refractivity contribution is 6.31. The van der Waals surface area contributed by atoms with Crippen LogP contribution in [0.15, 0.2) is 36.5 Å². The molecule has 0 aliphatic carbocycles. The van der Waals surface area contributed by atoms with E-state index < -0.39 is 12.2 Å². The van der Waals surface area contributed by atoms with Gasteiger partial charge in [0.1, 0.15) is 6.17 Å². The maximum atomic E-state index is 13.8. The van der Waals surface area contributed by atoms with E-state index in [1.54, 1.807) is 12.3 Å². The van der Waals surface area contributed by atoms with Crippen molar-refractivity contribution in [3.05, 3.63) is 58.7 Å². The number of nitrogens with two attached hydrogens (primary N) is 1. The van der Waals surface area contributed by atoms with Gasteiger partial charge in [0.15, 0.2) is 0 Å². The molecule has 1 aromatic carbocycles. The molecule has 0 bridgehead atoms. The SMILES string of the molecule is [C-]#[N+]c1ccc(Cn2c(N3CC[C@@H](F)[C@H](N)C3)nc3cc(Cl)ccc32)nc1. The van der Waals surface area contributed by atoms with E-state index in [4.69, 9.17) is 28.9 Å². The van der Waals surface area contributed by atoms with Crippen molar-refractivity contribution in [2.75, 3.05) is 18.0 Å². The molecular weight excluding hydrogens is 367 g/mol. The van der Waals surface area contributed by atoms with E-state index in [0.29, 0.717) is 36.8 Å². The lowest BCUT2D eigenvalue weighted by Crippen LogP contribution is -2.50. The molecule has 3 aromatic rings. The summed E-state index contributed by atoms with van der Waals surface area (Å²) in [4.78, 5) is 14.5. The van der Waals surface area contributed by atoms with Gasteiger partial charge in [-0.05, 0) is 30.7 Å². The molecule has 1 aliphatic rings. The first-order chi connectivity index (χ1) is 13.0. The third-order valence-electron chi connectivity index (χ3n) is 4.80. The summed E-state index contributed by atoms with van der Waals surface area (Å²) in [6, 6.07) is 8.60. The summed E-state index contributed by atoms with van der Waals surface area (Å²) in [6.45, 7) is 8.49. The van der Waals surface area contributed by atoms with Gasteiger partial charge in [0.25, 0.3) is 0 Å². The smallest absolute Gasteiger partial charge is 0.206 e. The number of pyridine rings is 1. The first-order valence-electron chi connectivity index (χ1n) is 8.68. The van der Waals surface area contributed by atoms with Crippen LogP contribution in [0.2, 0.25) is 5.02 Å². The molecule has 2 atom stereocenters. The van der Waals surface area contributed by atoms with Crippen LogP contribution in [0.25, 0.3) is 15.9 Å². The van der Waals surface area contributed by atoms with Gasteiger partial charge in [0.2, 0.25) is 11.6 Å². The molecule has 0 unspecified atom stereocenters. The van der Waals surface area contributed by atoms with Crippen LogP contribution in [-0.4, -0.2) is 39.8 Å². The zero-order chi connectivity index (χ0) is 19.0. The van der Waals surface area contributed by atoms with Gasteiger partial charge < -0.3 is 15.2 Å². The normalized spacial score (nSPS) is 20.0. The molecule has 3 heterocycles. The highest BCUT2D eigenvalue weighted by Gasteiger charge is 2.29. The van der Waals surface area contributed by atoms with Crippen molar-refractivity contribution in [3.63, 3.8) is 0 Å². The average Bonchev–Trinajstić information content (AvgIpc) is 3.02. The van der Waals surface area contributed by atoms with Gasteiger partial charge >= 0.3 is 0 Å². The van der Waals surface area contributed by atoms with Gasteiger partial charge in [-0.1, -0.05) is 17.7 Å². The van der Waals surface area contributed by atoms with E-state index in [9.17, 15) is 4.39 Å². The third kappa shape index (κ3) is 3.46. The van der Waals surface area contributed by atoms with Crippen LogP contribution < -0.4 is 10.6 Å². The van der Waals surface area contributed by atoms with Crippen LogP contribution in [0.1, 0.15) is 12.1 Å². The second-order valence-electron chi connectivity index (χ2n) is 6.67. The molecule has 4 rings (SSSR count). The number of nitrogens with zero attached hydrogens (tertiary/aromatic N) is 5. The van der Waals surface area contributed by atoms with Crippen molar-refractivity contribution in [2.24, 2.45) is 5.73 Å². The summed E-state index contributed by atoms with van der Waals surface area (Å²) in [5.74, 6) is 0.727. The van der Waals surface area contributed by atoms with E-state index >= 15 is 0 Å². The monoisotopic (exact) mass is 384 g/mol. The minimum Gasteiger partial charge on any atom is -0.340 e. The number of rotatable bonds is 3. The van der Waals surface area contributed by atoms with Crippen molar-refractivity contribution in [1.29, 1.82) is 0 Å². The van der Waals surface area contributed by atoms with Crippen LogP contribution in [0.4, 0.5) is 16.0 Å². The first-order valence-corrected chi connectivity index (χ1v) is 9.06. The van der Waals surface area contributed by atoms with Crippen molar-refractivity contribution >= 4 is 34.3 Å². The minimum absolute atomic E-state index is 0.378. The molecule has 1 fully saturated rings. The highest BCUT2D eigenvalue weighted by Crippen LogP contribution is 2.28. The van der Waals surface area contributed by atoms with Crippen molar-refractivity contribution in [3.8, 4) is 0 Å². The Labute approximate surface area is 161 Å². The fourth-order valence-electron chi connectivity index (χ4n) is 3.36. The Morgan fingerprint density at radius 2 is 2.19 bits per heavy atom. The van der Waals surface area contributed by atoms with E-state index in [2.05, 4.69) is 9.83 Å². The zero-order valence-electron chi connectivity index (χ0n) is 14.5. The van der Waals surface area contributed by atoms with Crippen LogP contribution in [0, 0.1) is 6.57 Å². The summed E-state index contributed by atoms with van der Waals surface area (Å²) < 4.78 is 15.9. The Balaban J connectivity index is 1.75. The van der Waals surface area contributed by atoms with Gasteiger partial charge in [0, 0.05) is 24.3 Å². The minimum atomic E-state index is -0.989. The predicted octanol–water partition coefficient (Wildman–Crippen LogP) is 3.56.